The fourth-order valence-corrected chi connectivity index (χ4v) is 4.46. The van der Waals surface area contributed by atoms with Crippen molar-refractivity contribution < 1.29 is 18.7 Å². The average molecular weight is 412 g/mol. The summed E-state index contributed by atoms with van der Waals surface area (Å²) in [4.78, 5) is 26.4. The molecular weight excluding hydrogens is 391 g/mol. The van der Waals surface area contributed by atoms with E-state index in [2.05, 4.69) is 5.32 Å². The molecule has 1 N–H and O–H groups in total. The van der Waals surface area contributed by atoms with Gasteiger partial charge in [0.05, 0.1) is 11.7 Å². The summed E-state index contributed by atoms with van der Waals surface area (Å²) in [5.41, 5.74) is 1.73. The maximum Gasteiger partial charge on any atom is 0.341 e. The Balaban J connectivity index is 1.91. The Hall–Kier alpha value is -2.98. The van der Waals surface area contributed by atoms with Crippen LogP contribution in [0, 0.1) is 17.1 Å². The third kappa shape index (κ3) is 4.90. The summed E-state index contributed by atoms with van der Waals surface area (Å²) in [7, 11) is 0. The van der Waals surface area contributed by atoms with Crippen molar-refractivity contribution in [2.45, 2.75) is 45.6 Å². The number of anilines is 1. The van der Waals surface area contributed by atoms with Crippen molar-refractivity contribution in [3.63, 3.8) is 0 Å². The van der Waals surface area contributed by atoms with Crippen LogP contribution in [0.25, 0.3) is 6.08 Å². The SMILES string of the molecule is CC(C)OC(=O)c1c(NC(=O)/C(C#N)=C/c2ccc(F)cc2)sc2c1CCCC2. The number of ether oxygens (including phenoxy) is 1. The molecule has 1 aliphatic rings. The molecule has 150 valence electrons. The number of amides is 1. The molecule has 1 amide bonds. The van der Waals surface area contributed by atoms with E-state index < -0.39 is 17.7 Å². The van der Waals surface area contributed by atoms with E-state index in [1.807, 2.05) is 6.07 Å². The number of esters is 1. The van der Waals surface area contributed by atoms with Gasteiger partial charge in [-0.3, -0.25) is 4.79 Å². The highest BCUT2D eigenvalue weighted by Crippen LogP contribution is 2.39. The van der Waals surface area contributed by atoms with Gasteiger partial charge in [-0.05, 0) is 68.9 Å². The van der Waals surface area contributed by atoms with Crippen molar-refractivity contribution in [1.29, 1.82) is 5.26 Å². The number of fused-ring (bicyclic) bond motifs is 1. The van der Waals surface area contributed by atoms with Gasteiger partial charge in [0.1, 0.15) is 22.5 Å². The van der Waals surface area contributed by atoms with Gasteiger partial charge >= 0.3 is 5.97 Å². The van der Waals surface area contributed by atoms with Crippen molar-refractivity contribution in [3.05, 3.63) is 57.2 Å². The Morgan fingerprint density at radius 1 is 1.24 bits per heavy atom. The Morgan fingerprint density at radius 2 is 1.93 bits per heavy atom. The van der Waals surface area contributed by atoms with E-state index in [0.717, 1.165) is 36.1 Å². The van der Waals surface area contributed by atoms with Crippen LogP contribution in [0.15, 0.2) is 29.8 Å². The molecule has 1 aromatic carbocycles. The monoisotopic (exact) mass is 412 g/mol. The number of benzene rings is 1. The molecule has 0 unspecified atom stereocenters. The lowest BCUT2D eigenvalue weighted by molar-refractivity contribution is -0.112. The predicted octanol–water partition coefficient (Wildman–Crippen LogP) is 4.88. The summed E-state index contributed by atoms with van der Waals surface area (Å²) >= 11 is 1.36. The number of thiophene rings is 1. The number of nitriles is 1. The molecule has 0 spiro atoms. The molecule has 3 rings (SSSR count). The molecule has 0 fully saturated rings. The molecule has 0 saturated carbocycles. The molecule has 1 aromatic heterocycles. The Labute approximate surface area is 172 Å². The lowest BCUT2D eigenvalue weighted by Crippen LogP contribution is -2.18. The first kappa shape index (κ1) is 20.7. The molecule has 0 radical (unpaired) electrons. The summed E-state index contributed by atoms with van der Waals surface area (Å²) in [6.45, 7) is 3.54. The second-order valence-electron chi connectivity index (χ2n) is 7.04. The minimum Gasteiger partial charge on any atom is -0.459 e. The Morgan fingerprint density at radius 3 is 2.59 bits per heavy atom. The number of aryl methyl sites for hydroxylation is 1. The van der Waals surface area contributed by atoms with Gasteiger partial charge in [-0.2, -0.15) is 5.26 Å². The lowest BCUT2D eigenvalue weighted by atomic mass is 9.95. The van der Waals surface area contributed by atoms with Gasteiger partial charge in [0, 0.05) is 4.88 Å². The smallest absolute Gasteiger partial charge is 0.341 e. The quantitative estimate of drug-likeness (QED) is 0.431. The molecule has 1 aliphatic carbocycles. The number of halogens is 1. The van der Waals surface area contributed by atoms with E-state index in [1.165, 1.54) is 41.7 Å². The predicted molar refractivity (Wildman–Crippen MR) is 110 cm³/mol. The minimum absolute atomic E-state index is 0.133. The number of carbonyl (C=O) groups is 2. The van der Waals surface area contributed by atoms with Crippen molar-refractivity contribution in [2.75, 3.05) is 5.32 Å². The first-order valence-corrected chi connectivity index (χ1v) is 10.2. The Bertz CT molecular complexity index is 1000. The van der Waals surface area contributed by atoms with E-state index in [9.17, 15) is 19.2 Å². The maximum absolute atomic E-state index is 13.1. The van der Waals surface area contributed by atoms with Gasteiger partial charge in [-0.25, -0.2) is 9.18 Å². The fraction of sp³-hybridized carbons (Fsp3) is 0.318. The number of rotatable bonds is 5. The fourth-order valence-electron chi connectivity index (χ4n) is 3.19. The highest BCUT2D eigenvalue weighted by Gasteiger charge is 2.28. The zero-order chi connectivity index (χ0) is 21.0. The van der Waals surface area contributed by atoms with Crippen LogP contribution < -0.4 is 5.32 Å². The Kier molecular flexibility index (Phi) is 6.45. The minimum atomic E-state index is -0.617. The van der Waals surface area contributed by atoms with Gasteiger partial charge in [-0.1, -0.05) is 12.1 Å². The van der Waals surface area contributed by atoms with Gasteiger partial charge in [0.25, 0.3) is 5.91 Å². The second-order valence-corrected chi connectivity index (χ2v) is 8.15. The lowest BCUT2D eigenvalue weighted by Gasteiger charge is -2.14. The second kappa shape index (κ2) is 9.01. The van der Waals surface area contributed by atoms with Gasteiger partial charge in [-0.15, -0.1) is 11.3 Å². The summed E-state index contributed by atoms with van der Waals surface area (Å²) in [5, 5.41) is 12.5. The third-order valence-electron chi connectivity index (χ3n) is 4.49. The molecule has 2 aromatic rings. The largest absolute Gasteiger partial charge is 0.459 e. The van der Waals surface area contributed by atoms with Crippen LogP contribution in [0.1, 0.15) is 53.1 Å². The van der Waals surface area contributed by atoms with E-state index in [4.69, 9.17) is 4.74 Å². The summed E-state index contributed by atoms with van der Waals surface area (Å²) < 4.78 is 18.4. The molecule has 29 heavy (non-hydrogen) atoms. The topological polar surface area (TPSA) is 79.2 Å². The normalized spacial score (nSPS) is 13.6. The van der Waals surface area contributed by atoms with Crippen LogP contribution >= 0.6 is 11.3 Å². The summed E-state index contributed by atoms with van der Waals surface area (Å²) in [5.74, 6) is -1.48. The van der Waals surface area contributed by atoms with Crippen molar-refractivity contribution in [3.8, 4) is 6.07 Å². The van der Waals surface area contributed by atoms with Gasteiger partial charge < -0.3 is 10.1 Å². The number of carbonyl (C=O) groups excluding carboxylic acids is 2. The zero-order valence-electron chi connectivity index (χ0n) is 16.3. The van der Waals surface area contributed by atoms with Crippen molar-refractivity contribution >= 4 is 34.3 Å². The molecule has 0 bridgehead atoms. The summed E-state index contributed by atoms with van der Waals surface area (Å²) in [6.07, 6.45) is 4.74. The summed E-state index contributed by atoms with van der Waals surface area (Å²) in [6, 6.07) is 7.35. The molecule has 0 saturated heterocycles. The van der Waals surface area contributed by atoms with E-state index in [0.29, 0.717) is 16.1 Å². The number of nitrogens with one attached hydrogen (secondary N) is 1. The maximum atomic E-state index is 13.1. The van der Waals surface area contributed by atoms with Gasteiger partial charge in [0.2, 0.25) is 0 Å². The molecule has 5 nitrogen and oxygen atoms in total. The average Bonchev–Trinajstić information content (AvgIpc) is 3.04. The zero-order valence-corrected chi connectivity index (χ0v) is 17.1. The first-order chi connectivity index (χ1) is 13.9. The van der Waals surface area contributed by atoms with E-state index in [-0.39, 0.29) is 11.7 Å². The van der Waals surface area contributed by atoms with Crippen LogP contribution in [-0.4, -0.2) is 18.0 Å². The molecule has 0 atom stereocenters. The van der Waals surface area contributed by atoms with E-state index in [1.54, 1.807) is 13.8 Å². The highest BCUT2D eigenvalue weighted by molar-refractivity contribution is 7.17. The number of hydrogen-bond acceptors (Lipinski definition) is 5. The third-order valence-corrected chi connectivity index (χ3v) is 5.70. The standard InChI is InChI=1S/C22H21FN2O3S/c1-13(2)28-22(27)19-17-5-3-4-6-18(17)29-21(19)25-20(26)15(12-24)11-14-7-9-16(23)10-8-14/h7-11,13H,3-6H2,1-2H3,(H,25,26)/b15-11+. The number of hydrogen-bond donors (Lipinski definition) is 1. The van der Waals surface area contributed by atoms with Crippen molar-refractivity contribution in [2.24, 2.45) is 0 Å². The van der Waals surface area contributed by atoms with Crippen molar-refractivity contribution in [1.82, 2.24) is 0 Å². The molecular formula is C22H21FN2O3S. The molecule has 0 aliphatic heterocycles. The molecule has 7 heteroatoms. The number of nitrogens with zero attached hydrogens (tertiary/aromatic N) is 1. The molecule has 1 heterocycles. The van der Waals surface area contributed by atoms with Crippen LogP contribution in [-0.2, 0) is 22.4 Å². The van der Waals surface area contributed by atoms with Crippen LogP contribution in [0.4, 0.5) is 9.39 Å². The van der Waals surface area contributed by atoms with Gasteiger partial charge in [0.15, 0.2) is 0 Å². The van der Waals surface area contributed by atoms with E-state index >= 15 is 0 Å². The van der Waals surface area contributed by atoms with Crippen LogP contribution in [0.2, 0.25) is 0 Å². The first-order valence-electron chi connectivity index (χ1n) is 9.43. The van der Waals surface area contributed by atoms with Crippen LogP contribution in [0.3, 0.4) is 0 Å². The van der Waals surface area contributed by atoms with Crippen LogP contribution in [0.5, 0.6) is 0 Å². The highest BCUT2D eigenvalue weighted by atomic mass is 32.1.